The van der Waals surface area contributed by atoms with Crippen LogP contribution in [0.2, 0.25) is 0 Å². The summed E-state index contributed by atoms with van der Waals surface area (Å²) in [6, 6.07) is 1.82. The number of rotatable bonds is 0. The maximum Gasteiger partial charge on any atom is 0.0704 e. The highest BCUT2D eigenvalue weighted by Crippen LogP contribution is 2.25. The standard InChI is InChI=1S/C7H13N.C6H11NO/c1-2-6-4-5-7(3-1)8-6;1-2-6-4-7-3-5(1)8-6/h6-8H,1-5H2;5-7H,1-4H2. The average molecular weight is 224 g/mol. The predicted molar refractivity (Wildman–Crippen MR) is 64.6 cm³/mol. The van der Waals surface area contributed by atoms with E-state index < -0.39 is 0 Å². The molecule has 4 fully saturated rings. The fraction of sp³-hybridized carbons (Fsp3) is 1.00. The smallest absolute Gasteiger partial charge is 0.0704 e. The Morgan fingerprint density at radius 1 is 0.750 bits per heavy atom. The van der Waals surface area contributed by atoms with Gasteiger partial charge in [-0.2, -0.15) is 0 Å². The number of fused-ring (bicyclic) bond motifs is 4. The molecule has 2 N–H and O–H groups in total. The molecule has 0 aromatic rings. The maximum atomic E-state index is 5.53. The lowest BCUT2D eigenvalue weighted by atomic mass is 10.1. The highest BCUT2D eigenvalue weighted by Gasteiger charge is 2.28. The molecule has 4 saturated heterocycles. The summed E-state index contributed by atoms with van der Waals surface area (Å²) in [5.41, 5.74) is 0. The Morgan fingerprint density at radius 2 is 1.38 bits per heavy atom. The molecule has 0 radical (unpaired) electrons. The van der Waals surface area contributed by atoms with Crippen molar-refractivity contribution in [3.8, 4) is 0 Å². The second-order valence-electron chi connectivity index (χ2n) is 5.68. The third-order valence-corrected chi connectivity index (χ3v) is 4.38. The first-order valence-corrected chi connectivity index (χ1v) is 7.02. The Morgan fingerprint density at radius 3 is 1.88 bits per heavy atom. The first kappa shape index (κ1) is 11.0. The Labute approximate surface area is 98.3 Å². The van der Waals surface area contributed by atoms with E-state index in [1.54, 1.807) is 0 Å². The van der Waals surface area contributed by atoms with E-state index in [4.69, 9.17) is 4.74 Å². The second kappa shape index (κ2) is 5.03. The lowest BCUT2D eigenvalue weighted by molar-refractivity contribution is 0.0184. The van der Waals surface area contributed by atoms with Gasteiger partial charge in [-0.05, 0) is 38.5 Å². The largest absolute Gasteiger partial charge is 0.372 e. The van der Waals surface area contributed by atoms with E-state index in [1.807, 2.05) is 0 Å². The van der Waals surface area contributed by atoms with Crippen molar-refractivity contribution in [1.29, 1.82) is 0 Å². The van der Waals surface area contributed by atoms with Crippen molar-refractivity contribution < 1.29 is 4.74 Å². The van der Waals surface area contributed by atoms with Crippen molar-refractivity contribution in [3.63, 3.8) is 0 Å². The van der Waals surface area contributed by atoms with Gasteiger partial charge in [-0.15, -0.1) is 0 Å². The van der Waals surface area contributed by atoms with Crippen molar-refractivity contribution in [1.82, 2.24) is 10.6 Å². The molecule has 3 nitrogen and oxygen atoms in total. The zero-order valence-electron chi connectivity index (χ0n) is 10.1. The zero-order chi connectivity index (χ0) is 10.8. The van der Waals surface area contributed by atoms with Gasteiger partial charge < -0.3 is 15.4 Å². The van der Waals surface area contributed by atoms with Crippen LogP contribution in [0.3, 0.4) is 0 Å². The van der Waals surface area contributed by atoms with Gasteiger partial charge in [0, 0.05) is 25.2 Å². The molecule has 92 valence electrons. The number of nitrogens with one attached hydrogen (secondary N) is 2. The molecule has 4 unspecified atom stereocenters. The molecule has 0 amide bonds. The highest BCUT2D eigenvalue weighted by molar-refractivity contribution is 4.87. The molecule has 16 heavy (non-hydrogen) atoms. The van der Waals surface area contributed by atoms with Crippen molar-refractivity contribution in [2.75, 3.05) is 13.1 Å². The van der Waals surface area contributed by atoms with E-state index in [9.17, 15) is 0 Å². The van der Waals surface area contributed by atoms with Gasteiger partial charge in [-0.1, -0.05) is 6.42 Å². The van der Waals surface area contributed by atoms with E-state index in [-0.39, 0.29) is 0 Å². The van der Waals surface area contributed by atoms with Crippen molar-refractivity contribution in [3.05, 3.63) is 0 Å². The lowest BCUT2D eigenvalue weighted by Crippen LogP contribution is -2.38. The first-order valence-electron chi connectivity index (χ1n) is 7.02. The molecule has 4 heterocycles. The minimum atomic E-state index is 0.550. The SMILES string of the molecule is C1CC2CCC(C1)N2.C1CC2CNCC1O2. The average Bonchev–Trinajstić information content (AvgIpc) is 2.83. The summed E-state index contributed by atoms with van der Waals surface area (Å²) in [6.45, 7) is 2.16. The number of piperidine rings is 1. The van der Waals surface area contributed by atoms with E-state index in [0.717, 1.165) is 25.2 Å². The Balaban J connectivity index is 0.000000101. The van der Waals surface area contributed by atoms with Gasteiger partial charge in [-0.25, -0.2) is 0 Å². The Kier molecular flexibility index (Phi) is 3.46. The quantitative estimate of drug-likeness (QED) is 0.653. The summed E-state index contributed by atoms with van der Waals surface area (Å²) in [7, 11) is 0. The second-order valence-corrected chi connectivity index (χ2v) is 5.68. The van der Waals surface area contributed by atoms with Crippen molar-refractivity contribution >= 4 is 0 Å². The fourth-order valence-electron chi connectivity index (χ4n) is 3.45. The summed E-state index contributed by atoms with van der Waals surface area (Å²) in [5.74, 6) is 0. The van der Waals surface area contributed by atoms with Gasteiger partial charge in [0.1, 0.15) is 0 Å². The molecule has 4 aliphatic heterocycles. The van der Waals surface area contributed by atoms with Gasteiger partial charge in [0.2, 0.25) is 0 Å². The predicted octanol–water partition coefficient (Wildman–Crippen LogP) is 1.43. The van der Waals surface area contributed by atoms with Gasteiger partial charge in [0.25, 0.3) is 0 Å². The molecule has 4 atom stereocenters. The Bertz CT molecular complexity index is 182. The molecular formula is C13H24N2O. The van der Waals surface area contributed by atoms with Gasteiger partial charge >= 0.3 is 0 Å². The number of ether oxygens (including phenoxy) is 1. The molecular weight excluding hydrogens is 200 g/mol. The van der Waals surface area contributed by atoms with Gasteiger partial charge in [0.15, 0.2) is 0 Å². The minimum Gasteiger partial charge on any atom is -0.372 e. The highest BCUT2D eigenvalue weighted by atomic mass is 16.5. The molecule has 4 bridgehead atoms. The van der Waals surface area contributed by atoms with Crippen LogP contribution in [0, 0.1) is 0 Å². The van der Waals surface area contributed by atoms with Crippen LogP contribution in [0.4, 0.5) is 0 Å². The molecule has 4 aliphatic rings. The third-order valence-electron chi connectivity index (χ3n) is 4.38. The van der Waals surface area contributed by atoms with Crippen molar-refractivity contribution in [2.45, 2.75) is 69.2 Å². The fourth-order valence-corrected chi connectivity index (χ4v) is 3.45. The van der Waals surface area contributed by atoms with Crippen LogP contribution >= 0.6 is 0 Å². The maximum absolute atomic E-state index is 5.53. The summed E-state index contributed by atoms with van der Waals surface area (Å²) < 4.78 is 5.53. The molecule has 0 spiro atoms. The van der Waals surface area contributed by atoms with Crippen LogP contribution < -0.4 is 10.6 Å². The van der Waals surface area contributed by atoms with Crippen LogP contribution in [-0.4, -0.2) is 37.4 Å². The molecule has 0 aliphatic carbocycles. The van der Waals surface area contributed by atoms with E-state index in [0.29, 0.717) is 12.2 Å². The van der Waals surface area contributed by atoms with Crippen LogP contribution in [-0.2, 0) is 4.74 Å². The molecule has 0 saturated carbocycles. The summed E-state index contributed by atoms with van der Waals surface area (Å²) in [6.07, 6.45) is 10.9. The molecule has 0 aromatic heterocycles. The number of hydrogen-bond acceptors (Lipinski definition) is 3. The van der Waals surface area contributed by atoms with Crippen LogP contribution in [0.5, 0.6) is 0 Å². The molecule has 0 aromatic carbocycles. The zero-order valence-corrected chi connectivity index (χ0v) is 10.1. The summed E-state index contributed by atoms with van der Waals surface area (Å²) in [5, 5.41) is 6.91. The first-order chi connectivity index (χ1) is 7.90. The summed E-state index contributed by atoms with van der Waals surface area (Å²) in [4.78, 5) is 0. The van der Waals surface area contributed by atoms with Crippen molar-refractivity contribution in [2.24, 2.45) is 0 Å². The molecule has 4 rings (SSSR count). The monoisotopic (exact) mass is 224 g/mol. The number of hydrogen-bond donors (Lipinski definition) is 2. The van der Waals surface area contributed by atoms with E-state index in [2.05, 4.69) is 10.6 Å². The normalized spacial score (nSPS) is 45.0. The van der Waals surface area contributed by atoms with Crippen LogP contribution in [0.25, 0.3) is 0 Å². The minimum absolute atomic E-state index is 0.550. The van der Waals surface area contributed by atoms with E-state index >= 15 is 0 Å². The molecule has 3 heteroatoms. The van der Waals surface area contributed by atoms with Gasteiger partial charge in [-0.3, -0.25) is 0 Å². The van der Waals surface area contributed by atoms with Crippen LogP contribution in [0.15, 0.2) is 0 Å². The van der Waals surface area contributed by atoms with E-state index in [1.165, 1.54) is 44.9 Å². The summed E-state index contributed by atoms with van der Waals surface area (Å²) >= 11 is 0. The number of morpholine rings is 1. The van der Waals surface area contributed by atoms with Crippen LogP contribution in [0.1, 0.15) is 44.9 Å². The Hall–Kier alpha value is -0.120. The third kappa shape index (κ3) is 2.58. The topological polar surface area (TPSA) is 33.3 Å². The lowest BCUT2D eigenvalue weighted by Gasteiger charge is -2.20. The van der Waals surface area contributed by atoms with Gasteiger partial charge in [0.05, 0.1) is 12.2 Å².